The van der Waals surface area contributed by atoms with Crippen molar-refractivity contribution in [3.63, 3.8) is 0 Å². The van der Waals surface area contributed by atoms with Crippen LogP contribution in [0.3, 0.4) is 0 Å². The van der Waals surface area contributed by atoms with E-state index in [0.717, 1.165) is 0 Å². The Kier molecular flexibility index (Phi) is 3.49. The van der Waals surface area contributed by atoms with Crippen molar-refractivity contribution in [2.24, 2.45) is 0 Å². The summed E-state index contributed by atoms with van der Waals surface area (Å²) in [7, 11) is 0. The first kappa shape index (κ1) is 9.86. The number of carboxylic acid groups (broad SMARTS) is 2. The summed E-state index contributed by atoms with van der Waals surface area (Å²) < 4.78 is 0. The van der Waals surface area contributed by atoms with Gasteiger partial charge >= 0.3 is 0 Å². The first-order valence-corrected chi connectivity index (χ1v) is 2.73. The highest BCUT2D eigenvalue weighted by Crippen LogP contribution is 1.95. The van der Waals surface area contributed by atoms with Crippen LogP contribution in [-0.4, -0.2) is 34.4 Å². The fourth-order valence-corrected chi connectivity index (χ4v) is 0.404. The van der Waals surface area contributed by atoms with Gasteiger partial charge < -0.3 is 30.0 Å². The second-order valence-corrected chi connectivity index (χ2v) is 1.91. The maximum absolute atomic E-state index is 9.77. The zero-order chi connectivity index (χ0) is 9.02. The first-order valence-electron chi connectivity index (χ1n) is 2.73. The van der Waals surface area contributed by atoms with Gasteiger partial charge in [0.15, 0.2) is 0 Å². The molecule has 64 valence electrons. The SMILES string of the molecule is O=C([O-])C(O)CC(O)C(=O)[O-]. The molecule has 0 amide bonds. The number of carboxylic acids is 2. The summed E-state index contributed by atoms with van der Waals surface area (Å²) >= 11 is 0. The number of rotatable bonds is 4. The van der Waals surface area contributed by atoms with Crippen LogP contribution in [0, 0.1) is 0 Å². The molecule has 0 heterocycles. The van der Waals surface area contributed by atoms with Crippen LogP contribution in [0.5, 0.6) is 0 Å². The Hall–Kier alpha value is -1.14. The molecule has 2 unspecified atom stereocenters. The van der Waals surface area contributed by atoms with Crippen LogP contribution >= 0.6 is 0 Å². The monoisotopic (exact) mass is 162 g/mol. The second kappa shape index (κ2) is 3.89. The number of hydrogen-bond donors (Lipinski definition) is 2. The molecule has 2 N–H and O–H groups in total. The predicted molar refractivity (Wildman–Crippen MR) is 26.6 cm³/mol. The van der Waals surface area contributed by atoms with E-state index < -0.39 is 30.6 Å². The van der Waals surface area contributed by atoms with Gasteiger partial charge in [-0.1, -0.05) is 0 Å². The number of aliphatic carboxylic acids is 2. The maximum Gasteiger partial charge on any atom is 0.0962 e. The lowest BCUT2D eigenvalue weighted by molar-refractivity contribution is -0.321. The standard InChI is InChI=1S/C5H8O6/c6-2(4(8)9)1-3(7)5(10)11/h2-3,6-7H,1H2,(H,8,9)(H,10,11)/p-2. The average molecular weight is 162 g/mol. The van der Waals surface area contributed by atoms with Crippen molar-refractivity contribution in [1.82, 2.24) is 0 Å². The van der Waals surface area contributed by atoms with Gasteiger partial charge in [-0.25, -0.2) is 0 Å². The molecule has 11 heavy (non-hydrogen) atoms. The van der Waals surface area contributed by atoms with Gasteiger partial charge in [-0.2, -0.15) is 0 Å². The minimum atomic E-state index is -1.98. The van der Waals surface area contributed by atoms with Crippen molar-refractivity contribution in [1.29, 1.82) is 0 Å². The Morgan fingerprint density at radius 1 is 1.09 bits per heavy atom. The number of carbonyl (C=O) groups is 2. The van der Waals surface area contributed by atoms with Crippen molar-refractivity contribution in [2.45, 2.75) is 18.6 Å². The zero-order valence-corrected chi connectivity index (χ0v) is 5.39. The molecule has 0 saturated carbocycles. The average Bonchev–Trinajstić information content (AvgIpc) is 1.87. The van der Waals surface area contributed by atoms with Crippen LogP contribution in [0.2, 0.25) is 0 Å². The van der Waals surface area contributed by atoms with E-state index in [2.05, 4.69) is 0 Å². The largest absolute Gasteiger partial charge is 0.547 e. The van der Waals surface area contributed by atoms with Crippen LogP contribution in [-0.2, 0) is 9.59 Å². The number of hydrogen-bond acceptors (Lipinski definition) is 6. The maximum atomic E-state index is 9.77. The van der Waals surface area contributed by atoms with Crippen molar-refractivity contribution < 1.29 is 30.0 Å². The van der Waals surface area contributed by atoms with E-state index in [9.17, 15) is 19.8 Å². The summed E-state index contributed by atoms with van der Waals surface area (Å²) in [5, 5.41) is 36.4. The van der Waals surface area contributed by atoms with Gasteiger partial charge in [-0.3, -0.25) is 0 Å². The molecule has 0 bridgehead atoms. The molecule has 2 atom stereocenters. The topological polar surface area (TPSA) is 121 Å². The summed E-state index contributed by atoms with van der Waals surface area (Å²) in [5.74, 6) is -3.66. The number of aliphatic hydroxyl groups excluding tert-OH is 2. The lowest BCUT2D eigenvalue weighted by Gasteiger charge is -2.16. The second-order valence-electron chi connectivity index (χ2n) is 1.91. The van der Waals surface area contributed by atoms with Crippen molar-refractivity contribution in [3.05, 3.63) is 0 Å². The van der Waals surface area contributed by atoms with Crippen molar-refractivity contribution in [3.8, 4) is 0 Å². The molecule has 0 rings (SSSR count). The van der Waals surface area contributed by atoms with E-state index in [1.54, 1.807) is 0 Å². The molecule has 0 aromatic rings. The van der Waals surface area contributed by atoms with E-state index in [0.29, 0.717) is 0 Å². The molecule has 0 aliphatic rings. The lowest BCUT2D eigenvalue weighted by atomic mass is 10.1. The van der Waals surface area contributed by atoms with E-state index in [1.165, 1.54) is 0 Å². The van der Waals surface area contributed by atoms with Gasteiger partial charge in [0, 0.05) is 6.42 Å². The summed E-state index contributed by atoms with van der Waals surface area (Å²) in [6, 6.07) is 0. The molecule has 0 saturated heterocycles. The van der Waals surface area contributed by atoms with Gasteiger partial charge in [0.05, 0.1) is 24.1 Å². The van der Waals surface area contributed by atoms with E-state index >= 15 is 0 Å². The summed E-state index contributed by atoms with van der Waals surface area (Å²) in [4.78, 5) is 19.5. The zero-order valence-electron chi connectivity index (χ0n) is 5.39. The van der Waals surface area contributed by atoms with E-state index in [1.807, 2.05) is 0 Å². The number of aliphatic hydroxyl groups is 2. The Balaban J connectivity index is 3.84. The summed E-state index contributed by atoms with van der Waals surface area (Å²) in [6.45, 7) is 0. The fourth-order valence-electron chi connectivity index (χ4n) is 0.404. The van der Waals surface area contributed by atoms with Crippen LogP contribution < -0.4 is 10.2 Å². The van der Waals surface area contributed by atoms with Gasteiger partial charge in [0.25, 0.3) is 0 Å². The third-order valence-corrected chi connectivity index (χ3v) is 0.991. The van der Waals surface area contributed by atoms with Crippen LogP contribution in [0.15, 0.2) is 0 Å². The van der Waals surface area contributed by atoms with Gasteiger partial charge in [-0.05, 0) is 0 Å². The molecule has 6 nitrogen and oxygen atoms in total. The molecule has 0 aromatic carbocycles. The van der Waals surface area contributed by atoms with Crippen molar-refractivity contribution in [2.75, 3.05) is 0 Å². The fraction of sp³-hybridized carbons (Fsp3) is 0.600. The van der Waals surface area contributed by atoms with Crippen LogP contribution in [0.25, 0.3) is 0 Å². The third-order valence-electron chi connectivity index (χ3n) is 0.991. The van der Waals surface area contributed by atoms with Gasteiger partial charge in [0.2, 0.25) is 0 Å². The summed E-state index contributed by atoms with van der Waals surface area (Å²) in [6.07, 6.45) is -4.80. The highest BCUT2D eigenvalue weighted by Gasteiger charge is 2.12. The highest BCUT2D eigenvalue weighted by atomic mass is 16.4. The molecule has 6 heteroatoms. The predicted octanol–water partition coefficient (Wildman–Crippen LogP) is -4.40. The molecule has 0 aromatic heterocycles. The smallest absolute Gasteiger partial charge is 0.0962 e. The van der Waals surface area contributed by atoms with Crippen LogP contribution in [0.4, 0.5) is 0 Å². The Morgan fingerprint density at radius 2 is 1.36 bits per heavy atom. The van der Waals surface area contributed by atoms with Gasteiger partial charge in [-0.15, -0.1) is 0 Å². The van der Waals surface area contributed by atoms with E-state index in [4.69, 9.17) is 10.2 Å². The molecule has 0 aliphatic carbocycles. The quantitative estimate of drug-likeness (QED) is 0.430. The minimum Gasteiger partial charge on any atom is -0.547 e. The summed E-state index contributed by atoms with van der Waals surface area (Å²) in [5.41, 5.74) is 0. The molecule has 0 aliphatic heterocycles. The van der Waals surface area contributed by atoms with E-state index in [-0.39, 0.29) is 0 Å². The molecular weight excluding hydrogens is 156 g/mol. The van der Waals surface area contributed by atoms with Crippen LogP contribution in [0.1, 0.15) is 6.42 Å². The normalized spacial score (nSPS) is 15.5. The molecule has 0 fully saturated rings. The number of carbonyl (C=O) groups excluding carboxylic acids is 2. The molecule has 0 spiro atoms. The Morgan fingerprint density at radius 3 is 1.55 bits per heavy atom. The lowest BCUT2D eigenvalue weighted by Crippen LogP contribution is -2.43. The Bertz CT molecular complexity index is 146. The Labute approximate surface area is 61.7 Å². The van der Waals surface area contributed by atoms with Gasteiger partial charge in [0.1, 0.15) is 0 Å². The first-order chi connectivity index (χ1) is 4.95. The third kappa shape index (κ3) is 3.54. The molecular formula is C5H6O6-2. The molecule has 0 radical (unpaired) electrons. The highest BCUT2D eigenvalue weighted by molar-refractivity contribution is 5.73. The van der Waals surface area contributed by atoms with Crippen molar-refractivity contribution >= 4 is 11.9 Å². The minimum absolute atomic E-state index is 0.829.